The van der Waals surface area contributed by atoms with E-state index in [1.807, 2.05) is 38.1 Å². The Balaban J connectivity index is 2.06. The van der Waals surface area contributed by atoms with Crippen molar-refractivity contribution in [3.8, 4) is 0 Å². The predicted octanol–water partition coefficient (Wildman–Crippen LogP) is 3.43. The van der Waals surface area contributed by atoms with E-state index in [1.165, 1.54) is 5.56 Å². The Labute approximate surface area is 131 Å². The van der Waals surface area contributed by atoms with Crippen LogP contribution in [0.25, 0.3) is 0 Å². The molecule has 0 aliphatic carbocycles. The number of aromatic nitrogens is 2. The summed E-state index contributed by atoms with van der Waals surface area (Å²) in [6, 6.07) is 7.67. The zero-order valence-electron chi connectivity index (χ0n) is 13.4. The number of benzene rings is 1. The minimum Gasteiger partial charge on any atom is -0.338 e. The van der Waals surface area contributed by atoms with Gasteiger partial charge in [0, 0.05) is 5.92 Å². The molecule has 0 saturated heterocycles. The van der Waals surface area contributed by atoms with Gasteiger partial charge in [-0.25, -0.2) is 8.42 Å². The van der Waals surface area contributed by atoms with Crippen LogP contribution >= 0.6 is 0 Å². The molecular formula is C16H22N2O3S. The van der Waals surface area contributed by atoms with Crippen LogP contribution < -0.4 is 0 Å². The summed E-state index contributed by atoms with van der Waals surface area (Å²) in [4.78, 5) is 4.12. The Morgan fingerprint density at radius 1 is 1.00 bits per heavy atom. The van der Waals surface area contributed by atoms with Gasteiger partial charge in [0.2, 0.25) is 5.89 Å². The van der Waals surface area contributed by atoms with Gasteiger partial charge in [0.05, 0.1) is 5.75 Å². The van der Waals surface area contributed by atoms with Crippen molar-refractivity contribution in [2.45, 2.75) is 51.0 Å². The van der Waals surface area contributed by atoms with Crippen LogP contribution in [0.1, 0.15) is 62.4 Å². The minimum absolute atomic E-state index is 0.0230. The first-order valence-electron chi connectivity index (χ1n) is 7.38. The van der Waals surface area contributed by atoms with E-state index in [-0.39, 0.29) is 23.3 Å². The van der Waals surface area contributed by atoms with Crippen molar-refractivity contribution in [3.63, 3.8) is 0 Å². The van der Waals surface area contributed by atoms with E-state index in [9.17, 15) is 8.42 Å². The summed E-state index contributed by atoms with van der Waals surface area (Å²) in [5, 5.41) is 3.79. The second-order valence-electron chi connectivity index (χ2n) is 6.13. The van der Waals surface area contributed by atoms with Gasteiger partial charge in [-0.15, -0.1) is 0 Å². The van der Waals surface area contributed by atoms with E-state index in [0.29, 0.717) is 11.7 Å². The van der Waals surface area contributed by atoms with Crippen molar-refractivity contribution in [3.05, 3.63) is 47.1 Å². The molecule has 0 aliphatic rings. The van der Waals surface area contributed by atoms with Gasteiger partial charge in [-0.2, -0.15) is 4.98 Å². The summed E-state index contributed by atoms with van der Waals surface area (Å²) in [5.41, 5.74) is 1.97. The van der Waals surface area contributed by atoms with Crippen LogP contribution in [0.2, 0.25) is 0 Å². The van der Waals surface area contributed by atoms with Crippen molar-refractivity contribution in [1.82, 2.24) is 10.1 Å². The number of rotatable bonds is 6. The molecule has 0 spiro atoms. The molecule has 0 fully saturated rings. The van der Waals surface area contributed by atoms with E-state index in [4.69, 9.17) is 4.52 Å². The number of hydrogen-bond acceptors (Lipinski definition) is 5. The van der Waals surface area contributed by atoms with Crippen LogP contribution in [0.4, 0.5) is 0 Å². The van der Waals surface area contributed by atoms with Gasteiger partial charge in [0.1, 0.15) is 5.75 Å². The third-order valence-electron chi connectivity index (χ3n) is 3.38. The van der Waals surface area contributed by atoms with Crippen molar-refractivity contribution in [2.24, 2.45) is 0 Å². The molecule has 0 saturated carbocycles. The van der Waals surface area contributed by atoms with Crippen LogP contribution in [-0.4, -0.2) is 18.6 Å². The maximum Gasteiger partial charge on any atom is 0.241 e. The van der Waals surface area contributed by atoms with Gasteiger partial charge < -0.3 is 4.52 Å². The fourth-order valence-electron chi connectivity index (χ4n) is 2.05. The second kappa shape index (κ2) is 6.60. The third-order valence-corrected chi connectivity index (χ3v) is 4.84. The molecule has 0 bridgehead atoms. The summed E-state index contributed by atoms with van der Waals surface area (Å²) in [6.45, 7) is 8.07. The maximum atomic E-state index is 12.2. The lowest BCUT2D eigenvalue weighted by atomic mass is 10.0. The molecule has 5 nitrogen and oxygen atoms in total. The first-order valence-corrected chi connectivity index (χ1v) is 9.20. The predicted molar refractivity (Wildman–Crippen MR) is 85.2 cm³/mol. The summed E-state index contributed by atoms with van der Waals surface area (Å²) >= 11 is 0. The topological polar surface area (TPSA) is 73.1 Å². The smallest absolute Gasteiger partial charge is 0.241 e. The lowest BCUT2D eigenvalue weighted by Crippen LogP contribution is -2.08. The fourth-order valence-corrected chi connectivity index (χ4v) is 3.35. The van der Waals surface area contributed by atoms with Gasteiger partial charge in [0.15, 0.2) is 15.7 Å². The highest BCUT2D eigenvalue weighted by molar-refractivity contribution is 7.89. The van der Waals surface area contributed by atoms with Gasteiger partial charge in [-0.05, 0) is 17.0 Å². The van der Waals surface area contributed by atoms with Crippen molar-refractivity contribution >= 4 is 9.84 Å². The SMILES string of the molecule is CC(C)c1ccc(CS(=O)(=O)Cc2nc(C(C)C)no2)cc1. The quantitative estimate of drug-likeness (QED) is 0.814. The molecule has 6 heteroatoms. The van der Waals surface area contributed by atoms with Crippen molar-refractivity contribution in [1.29, 1.82) is 0 Å². The van der Waals surface area contributed by atoms with Gasteiger partial charge in [-0.1, -0.05) is 57.1 Å². The van der Waals surface area contributed by atoms with E-state index in [1.54, 1.807) is 0 Å². The molecule has 120 valence electrons. The first kappa shape index (κ1) is 16.7. The Morgan fingerprint density at radius 2 is 1.64 bits per heavy atom. The summed E-state index contributed by atoms with van der Waals surface area (Å²) < 4.78 is 29.5. The second-order valence-corrected chi connectivity index (χ2v) is 8.19. The molecule has 1 aromatic heterocycles. The van der Waals surface area contributed by atoms with Crippen LogP contribution in [0, 0.1) is 0 Å². The van der Waals surface area contributed by atoms with Crippen LogP contribution in [0.15, 0.2) is 28.8 Å². The lowest BCUT2D eigenvalue weighted by Gasteiger charge is -2.07. The fraction of sp³-hybridized carbons (Fsp3) is 0.500. The first-order chi connectivity index (χ1) is 10.3. The average Bonchev–Trinajstić information content (AvgIpc) is 2.86. The van der Waals surface area contributed by atoms with E-state index >= 15 is 0 Å². The molecule has 1 heterocycles. The van der Waals surface area contributed by atoms with Crippen molar-refractivity contribution in [2.75, 3.05) is 0 Å². The van der Waals surface area contributed by atoms with Gasteiger partial charge in [0.25, 0.3) is 0 Å². The number of hydrogen-bond donors (Lipinski definition) is 0. The highest BCUT2D eigenvalue weighted by Gasteiger charge is 2.19. The molecule has 0 N–H and O–H groups in total. The Bertz CT molecular complexity index is 716. The molecule has 0 atom stereocenters. The molecule has 0 aliphatic heterocycles. The Morgan fingerprint density at radius 3 is 2.14 bits per heavy atom. The maximum absolute atomic E-state index is 12.2. The molecule has 0 radical (unpaired) electrons. The molecule has 2 aromatic rings. The lowest BCUT2D eigenvalue weighted by molar-refractivity contribution is 0.380. The normalized spacial score (nSPS) is 12.3. The molecule has 22 heavy (non-hydrogen) atoms. The Kier molecular flexibility index (Phi) is 5.01. The zero-order valence-corrected chi connectivity index (χ0v) is 14.2. The van der Waals surface area contributed by atoms with Crippen LogP contribution in [0.5, 0.6) is 0 Å². The van der Waals surface area contributed by atoms with Gasteiger partial charge in [-0.3, -0.25) is 0 Å². The summed E-state index contributed by atoms with van der Waals surface area (Å²) in [7, 11) is -3.33. The van der Waals surface area contributed by atoms with Crippen LogP contribution in [-0.2, 0) is 21.3 Å². The monoisotopic (exact) mass is 322 g/mol. The average molecular weight is 322 g/mol. The number of sulfone groups is 1. The molecule has 0 amide bonds. The molecule has 1 aromatic carbocycles. The van der Waals surface area contributed by atoms with Crippen molar-refractivity contribution < 1.29 is 12.9 Å². The number of nitrogens with zero attached hydrogens (tertiary/aromatic N) is 2. The summed E-state index contributed by atoms with van der Waals surface area (Å²) in [6.07, 6.45) is 0. The minimum atomic E-state index is -3.33. The zero-order chi connectivity index (χ0) is 16.3. The third kappa shape index (κ3) is 4.40. The van der Waals surface area contributed by atoms with Gasteiger partial charge >= 0.3 is 0 Å². The largest absolute Gasteiger partial charge is 0.338 e. The molecule has 2 rings (SSSR count). The highest BCUT2D eigenvalue weighted by atomic mass is 32.2. The molecular weight excluding hydrogens is 300 g/mol. The summed E-state index contributed by atoms with van der Waals surface area (Å²) in [5.74, 6) is 0.986. The highest BCUT2D eigenvalue weighted by Crippen LogP contribution is 2.18. The van der Waals surface area contributed by atoms with E-state index < -0.39 is 9.84 Å². The van der Waals surface area contributed by atoms with E-state index in [2.05, 4.69) is 24.0 Å². The molecule has 0 unspecified atom stereocenters. The van der Waals surface area contributed by atoms with E-state index in [0.717, 1.165) is 5.56 Å². The Hall–Kier alpha value is -1.69. The standard InChI is InChI=1S/C16H22N2O3S/c1-11(2)14-7-5-13(6-8-14)9-22(19,20)10-15-17-16(12(3)4)18-21-15/h5-8,11-12H,9-10H2,1-4H3. The van der Waals surface area contributed by atoms with Crippen LogP contribution in [0.3, 0.4) is 0 Å².